The first-order valence-corrected chi connectivity index (χ1v) is 12.3. The van der Waals surface area contributed by atoms with E-state index in [0.717, 1.165) is 18.5 Å². The largest absolute Gasteiger partial charge is 0.363 e. The fraction of sp³-hybridized carbons (Fsp3) is 0.435. The van der Waals surface area contributed by atoms with Crippen molar-refractivity contribution in [1.82, 2.24) is 4.31 Å². The first-order valence-electron chi connectivity index (χ1n) is 10.3. The minimum Gasteiger partial charge on any atom is -0.363 e. The number of aryl methyl sites for hydroxylation is 1. The molecule has 0 saturated carbocycles. The van der Waals surface area contributed by atoms with Gasteiger partial charge in [0.1, 0.15) is 6.07 Å². The second-order valence-corrected chi connectivity index (χ2v) is 10.3. The minimum atomic E-state index is -3.23. The zero-order valence-corrected chi connectivity index (χ0v) is 19.1. The highest BCUT2D eigenvalue weighted by molar-refractivity contribution is 7.89. The number of halogens is 1. The van der Waals surface area contributed by atoms with Gasteiger partial charge in [0, 0.05) is 31.4 Å². The molecule has 1 saturated heterocycles. The summed E-state index contributed by atoms with van der Waals surface area (Å²) in [6, 6.07) is 15.8. The Hall–Kier alpha value is -2.07. The van der Waals surface area contributed by atoms with Crippen molar-refractivity contribution in [3.8, 4) is 6.07 Å². The molecule has 0 aromatic heterocycles. The highest BCUT2D eigenvalue weighted by atomic mass is 35.5. The van der Waals surface area contributed by atoms with E-state index >= 15 is 0 Å². The number of anilines is 1. The lowest BCUT2D eigenvalue weighted by atomic mass is 10.1. The third-order valence-electron chi connectivity index (χ3n) is 5.72. The molecule has 0 amide bonds. The summed E-state index contributed by atoms with van der Waals surface area (Å²) in [6.07, 6.45) is 2.30. The van der Waals surface area contributed by atoms with Gasteiger partial charge in [-0.2, -0.15) is 9.57 Å². The molecule has 3 rings (SSSR count). The Morgan fingerprint density at radius 2 is 2.03 bits per heavy atom. The van der Waals surface area contributed by atoms with Crippen LogP contribution in [0.3, 0.4) is 0 Å². The van der Waals surface area contributed by atoms with Crippen LogP contribution in [0, 0.1) is 18.3 Å². The Balaban J connectivity index is 1.90. The van der Waals surface area contributed by atoms with Gasteiger partial charge >= 0.3 is 0 Å². The third-order valence-corrected chi connectivity index (χ3v) is 7.96. The lowest BCUT2D eigenvalue weighted by Crippen LogP contribution is -2.39. The highest BCUT2D eigenvalue weighted by Gasteiger charge is 2.34. The van der Waals surface area contributed by atoms with E-state index in [2.05, 4.69) is 30.0 Å². The van der Waals surface area contributed by atoms with E-state index in [1.54, 1.807) is 10.4 Å². The van der Waals surface area contributed by atoms with E-state index in [9.17, 15) is 13.7 Å². The van der Waals surface area contributed by atoms with Crippen LogP contribution in [0.25, 0.3) is 0 Å². The number of hydrogen-bond acceptors (Lipinski definition) is 4. The van der Waals surface area contributed by atoms with Gasteiger partial charge in [-0.15, -0.1) is 0 Å². The van der Waals surface area contributed by atoms with Gasteiger partial charge < -0.3 is 4.90 Å². The molecule has 0 radical (unpaired) electrons. The number of nitriles is 1. The monoisotopic (exact) mass is 445 g/mol. The van der Waals surface area contributed by atoms with E-state index in [1.807, 2.05) is 31.2 Å². The van der Waals surface area contributed by atoms with Crippen molar-refractivity contribution in [2.45, 2.75) is 45.7 Å². The molecule has 0 N–H and O–H groups in total. The molecular weight excluding hydrogens is 418 g/mol. The van der Waals surface area contributed by atoms with Gasteiger partial charge in [-0.25, -0.2) is 8.42 Å². The lowest BCUT2D eigenvalue weighted by molar-refractivity contribution is 0.466. The number of hydrogen-bond donors (Lipinski definition) is 0. The molecule has 1 heterocycles. The van der Waals surface area contributed by atoms with E-state index in [0.29, 0.717) is 36.6 Å². The molecule has 0 unspecified atom stereocenters. The van der Waals surface area contributed by atoms with Gasteiger partial charge in [-0.1, -0.05) is 49.2 Å². The maximum atomic E-state index is 12.7. The van der Waals surface area contributed by atoms with Crippen LogP contribution in [0.1, 0.15) is 42.9 Å². The maximum Gasteiger partial charge on any atom is 0.214 e. The van der Waals surface area contributed by atoms with Gasteiger partial charge in [-0.05, 0) is 49.1 Å². The first-order chi connectivity index (χ1) is 14.4. The van der Waals surface area contributed by atoms with Crippen molar-refractivity contribution in [1.29, 1.82) is 5.26 Å². The van der Waals surface area contributed by atoms with Crippen LogP contribution in [-0.4, -0.2) is 37.6 Å². The Morgan fingerprint density at radius 1 is 1.27 bits per heavy atom. The summed E-state index contributed by atoms with van der Waals surface area (Å²) in [5, 5.41) is 9.62. The predicted octanol–water partition coefficient (Wildman–Crippen LogP) is 4.73. The van der Waals surface area contributed by atoms with Crippen LogP contribution in [0.4, 0.5) is 5.69 Å². The molecule has 0 bridgehead atoms. The zero-order valence-electron chi connectivity index (χ0n) is 17.5. The minimum absolute atomic E-state index is 0.0463. The van der Waals surface area contributed by atoms with Crippen LogP contribution in [-0.2, 0) is 16.6 Å². The smallest absolute Gasteiger partial charge is 0.214 e. The van der Waals surface area contributed by atoms with Crippen molar-refractivity contribution in [3.63, 3.8) is 0 Å². The molecule has 7 heteroatoms. The quantitative estimate of drug-likeness (QED) is 0.589. The topological polar surface area (TPSA) is 64.4 Å². The summed E-state index contributed by atoms with van der Waals surface area (Å²) < 4.78 is 27.0. The number of sulfonamides is 1. The normalized spacial score (nSPS) is 17.1. The van der Waals surface area contributed by atoms with E-state index in [-0.39, 0.29) is 11.8 Å². The fourth-order valence-electron chi connectivity index (χ4n) is 3.85. The summed E-state index contributed by atoms with van der Waals surface area (Å²) in [6.45, 7) is 5.74. The molecule has 0 spiro atoms. The molecule has 1 fully saturated rings. The van der Waals surface area contributed by atoms with Crippen LogP contribution < -0.4 is 4.90 Å². The summed E-state index contributed by atoms with van der Waals surface area (Å²) in [7, 11) is -3.23. The summed E-state index contributed by atoms with van der Waals surface area (Å²) >= 11 is 6.32. The van der Waals surface area contributed by atoms with Crippen molar-refractivity contribution < 1.29 is 8.42 Å². The first kappa shape index (κ1) is 22.6. The van der Waals surface area contributed by atoms with Gasteiger partial charge in [0.05, 0.1) is 16.3 Å². The molecule has 160 valence electrons. The average molecular weight is 446 g/mol. The molecular formula is C23H28ClN3O2S. The van der Waals surface area contributed by atoms with Crippen LogP contribution in [0.15, 0.2) is 42.5 Å². The van der Waals surface area contributed by atoms with Crippen LogP contribution in [0.5, 0.6) is 0 Å². The Bertz CT molecular complexity index is 1030. The van der Waals surface area contributed by atoms with E-state index < -0.39 is 10.0 Å². The molecule has 2 aromatic carbocycles. The number of unbranched alkanes of at least 4 members (excludes halogenated alkanes) is 1. The Labute approximate surface area is 184 Å². The average Bonchev–Trinajstić information content (AvgIpc) is 3.22. The molecule has 1 aliphatic rings. The summed E-state index contributed by atoms with van der Waals surface area (Å²) in [5.41, 5.74) is 3.71. The van der Waals surface area contributed by atoms with E-state index in [1.165, 1.54) is 11.1 Å². The fourth-order valence-corrected chi connectivity index (χ4v) is 5.76. The van der Waals surface area contributed by atoms with Crippen molar-refractivity contribution >= 4 is 27.3 Å². The van der Waals surface area contributed by atoms with Gasteiger partial charge in [0.25, 0.3) is 0 Å². The summed E-state index contributed by atoms with van der Waals surface area (Å²) in [4.78, 5) is 2.23. The SMILES string of the molecule is CCCCS(=O)(=O)N1CC[C@H](N(Cc2ccccc2C)c2ccc(C#N)c(Cl)c2)C1. The predicted molar refractivity (Wildman–Crippen MR) is 122 cm³/mol. The van der Waals surface area contributed by atoms with Crippen LogP contribution in [0.2, 0.25) is 5.02 Å². The molecule has 0 aliphatic carbocycles. The highest BCUT2D eigenvalue weighted by Crippen LogP contribution is 2.30. The second kappa shape index (κ2) is 9.82. The van der Waals surface area contributed by atoms with Gasteiger partial charge in [-0.3, -0.25) is 0 Å². The Kier molecular flexibility index (Phi) is 7.41. The lowest BCUT2D eigenvalue weighted by Gasteiger charge is -2.32. The zero-order chi connectivity index (χ0) is 21.7. The third kappa shape index (κ3) is 5.15. The number of benzene rings is 2. The molecule has 1 atom stereocenters. The summed E-state index contributed by atoms with van der Waals surface area (Å²) in [5.74, 6) is 0.205. The molecule has 30 heavy (non-hydrogen) atoms. The van der Waals surface area contributed by atoms with Crippen molar-refractivity contribution in [2.24, 2.45) is 0 Å². The van der Waals surface area contributed by atoms with E-state index in [4.69, 9.17) is 11.6 Å². The molecule has 2 aromatic rings. The molecule has 5 nitrogen and oxygen atoms in total. The Morgan fingerprint density at radius 3 is 2.70 bits per heavy atom. The van der Waals surface area contributed by atoms with Gasteiger partial charge in [0.2, 0.25) is 10.0 Å². The maximum absolute atomic E-state index is 12.7. The number of nitrogens with zero attached hydrogens (tertiary/aromatic N) is 3. The standard InChI is InChI=1S/C23H28ClN3O2S/c1-3-4-13-30(28,29)26-12-11-22(17-26)27(16-20-8-6-5-7-18(20)2)21-10-9-19(15-25)23(24)14-21/h5-10,14,22H,3-4,11-13,16-17H2,1-2H3/t22-/m0/s1. The van der Waals surface area contributed by atoms with Crippen molar-refractivity contribution in [3.05, 3.63) is 64.2 Å². The molecule has 1 aliphatic heterocycles. The van der Waals surface area contributed by atoms with Gasteiger partial charge in [0.15, 0.2) is 0 Å². The van der Waals surface area contributed by atoms with Crippen molar-refractivity contribution in [2.75, 3.05) is 23.7 Å². The second-order valence-electron chi connectivity index (χ2n) is 7.80. The number of rotatable bonds is 8. The van der Waals surface area contributed by atoms with Crippen LogP contribution >= 0.6 is 11.6 Å².